The van der Waals surface area contributed by atoms with Crippen molar-refractivity contribution in [1.29, 1.82) is 0 Å². The fraction of sp³-hybridized carbons (Fsp3) is 0.417. The van der Waals surface area contributed by atoms with Crippen LogP contribution in [0.15, 0.2) is 30.3 Å². The largest absolute Gasteiger partial charge is 0.453 e. The second-order valence-electron chi connectivity index (χ2n) is 4.15. The Morgan fingerprint density at radius 1 is 1.20 bits per heavy atom. The molecule has 0 N–H and O–H groups in total. The molecule has 1 saturated heterocycles. The molecule has 3 heteroatoms. The fourth-order valence-corrected chi connectivity index (χ4v) is 2.16. The highest BCUT2D eigenvalue weighted by Crippen LogP contribution is 2.48. The van der Waals surface area contributed by atoms with Gasteiger partial charge in [-0.2, -0.15) is 0 Å². The van der Waals surface area contributed by atoms with Gasteiger partial charge in [-0.15, -0.1) is 0 Å². The lowest BCUT2D eigenvalue weighted by molar-refractivity contribution is -0.270. The minimum absolute atomic E-state index is 0.318. The molecule has 1 atom stereocenters. The van der Waals surface area contributed by atoms with Crippen molar-refractivity contribution in [3.8, 4) is 0 Å². The van der Waals surface area contributed by atoms with E-state index < -0.39 is 11.2 Å². The molecule has 1 heterocycles. The van der Waals surface area contributed by atoms with E-state index in [2.05, 4.69) is 0 Å². The molecule has 0 saturated carbocycles. The maximum Gasteiger partial charge on any atom is 0.348 e. The van der Waals surface area contributed by atoms with Crippen LogP contribution in [0.25, 0.3) is 0 Å². The number of hydrogen-bond acceptors (Lipinski definition) is 3. The van der Waals surface area contributed by atoms with Gasteiger partial charge >= 0.3 is 5.97 Å². The van der Waals surface area contributed by atoms with Crippen LogP contribution in [0.4, 0.5) is 0 Å². The maximum atomic E-state index is 11.7. The SMILES string of the molecule is COC1(c2ccccc2)C(=O)OC1(C)C. The summed E-state index contributed by atoms with van der Waals surface area (Å²) in [5.74, 6) is -0.318. The number of cyclic esters (lactones) is 1. The van der Waals surface area contributed by atoms with Gasteiger partial charge in [-0.05, 0) is 19.4 Å². The van der Waals surface area contributed by atoms with E-state index in [1.165, 1.54) is 7.11 Å². The minimum atomic E-state index is -0.950. The van der Waals surface area contributed by atoms with Crippen LogP contribution < -0.4 is 0 Å². The highest BCUT2D eigenvalue weighted by atomic mass is 16.7. The third-order valence-electron chi connectivity index (χ3n) is 2.97. The molecule has 0 aliphatic carbocycles. The molecule has 1 aliphatic heterocycles. The lowest BCUT2D eigenvalue weighted by Gasteiger charge is -2.51. The van der Waals surface area contributed by atoms with Crippen LogP contribution in [0.3, 0.4) is 0 Å². The van der Waals surface area contributed by atoms with Gasteiger partial charge in [0.2, 0.25) is 5.60 Å². The molecule has 1 unspecified atom stereocenters. The lowest BCUT2D eigenvalue weighted by Crippen LogP contribution is -2.67. The Balaban J connectivity index is 2.51. The first-order chi connectivity index (χ1) is 7.04. The minimum Gasteiger partial charge on any atom is -0.453 e. The summed E-state index contributed by atoms with van der Waals surface area (Å²) in [5.41, 5.74) is -0.720. The first kappa shape index (κ1) is 10.2. The second kappa shape index (κ2) is 3.07. The maximum absolute atomic E-state index is 11.7. The van der Waals surface area contributed by atoms with Crippen LogP contribution in [0.1, 0.15) is 19.4 Å². The molecule has 1 fully saturated rings. The molecule has 3 nitrogen and oxygen atoms in total. The van der Waals surface area contributed by atoms with Gasteiger partial charge in [0.25, 0.3) is 0 Å². The molecular weight excluding hydrogens is 192 g/mol. The van der Waals surface area contributed by atoms with Crippen molar-refractivity contribution < 1.29 is 14.3 Å². The Hall–Kier alpha value is -1.35. The van der Waals surface area contributed by atoms with Crippen molar-refractivity contribution in [2.75, 3.05) is 7.11 Å². The van der Waals surface area contributed by atoms with Crippen molar-refractivity contribution in [1.82, 2.24) is 0 Å². The normalized spacial score (nSPS) is 28.1. The standard InChI is InChI=1S/C12H14O3/c1-11(2)12(14-3,10(13)15-11)9-7-5-4-6-8-9/h4-8H,1-3H3. The number of esters is 1. The summed E-state index contributed by atoms with van der Waals surface area (Å²) >= 11 is 0. The zero-order valence-electron chi connectivity index (χ0n) is 9.11. The molecule has 80 valence electrons. The molecule has 0 radical (unpaired) electrons. The topological polar surface area (TPSA) is 35.5 Å². The van der Waals surface area contributed by atoms with Crippen LogP contribution in [0, 0.1) is 0 Å². The average molecular weight is 206 g/mol. The van der Waals surface area contributed by atoms with Gasteiger partial charge in [0, 0.05) is 7.11 Å². The van der Waals surface area contributed by atoms with Gasteiger partial charge in [-0.25, -0.2) is 4.79 Å². The van der Waals surface area contributed by atoms with Crippen LogP contribution >= 0.6 is 0 Å². The molecule has 1 aromatic carbocycles. The van der Waals surface area contributed by atoms with E-state index in [9.17, 15) is 4.79 Å². The van der Waals surface area contributed by atoms with Crippen LogP contribution in [0.2, 0.25) is 0 Å². The molecular formula is C12H14O3. The average Bonchev–Trinajstić information content (AvgIpc) is 2.19. The van der Waals surface area contributed by atoms with E-state index in [4.69, 9.17) is 9.47 Å². The van der Waals surface area contributed by atoms with E-state index in [1.54, 1.807) is 0 Å². The monoisotopic (exact) mass is 206 g/mol. The van der Waals surface area contributed by atoms with Gasteiger partial charge in [-0.3, -0.25) is 0 Å². The number of carbonyl (C=O) groups is 1. The van der Waals surface area contributed by atoms with Crippen molar-refractivity contribution in [3.05, 3.63) is 35.9 Å². The summed E-state index contributed by atoms with van der Waals surface area (Å²) in [6.07, 6.45) is 0. The molecule has 0 amide bonds. The van der Waals surface area contributed by atoms with E-state index >= 15 is 0 Å². The Kier molecular flexibility index (Phi) is 2.08. The van der Waals surface area contributed by atoms with E-state index in [-0.39, 0.29) is 5.97 Å². The van der Waals surface area contributed by atoms with E-state index in [0.29, 0.717) is 0 Å². The molecule has 0 aromatic heterocycles. The number of methoxy groups -OCH3 is 1. The summed E-state index contributed by atoms with van der Waals surface area (Å²) in [7, 11) is 1.54. The summed E-state index contributed by atoms with van der Waals surface area (Å²) < 4.78 is 10.5. The summed E-state index contributed by atoms with van der Waals surface area (Å²) in [5, 5.41) is 0. The summed E-state index contributed by atoms with van der Waals surface area (Å²) in [4.78, 5) is 11.7. The van der Waals surface area contributed by atoms with Crippen molar-refractivity contribution in [2.24, 2.45) is 0 Å². The Morgan fingerprint density at radius 2 is 1.80 bits per heavy atom. The highest BCUT2D eigenvalue weighted by Gasteiger charge is 2.66. The highest BCUT2D eigenvalue weighted by molar-refractivity contribution is 5.89. The quantitative estimate of drug-likeness (QED) is 0.693. The number of rotatable bonds is 2. The van der Waals surface area contributed by atoms with Gasteiger partial charge < -0.3 is 9.47 Å². The Bertz CT molecular complexity index is 383. The molecule has 1 aromatic rings. The van der Waals surface area contributed by atoms with Crippen molar-refractivity contribution >= 4 is 5.97 Å². The Labute approximate surface area is 89.0 Å². The summed E-state index contributed by atoms with van der Waals surface area (Å²) in [6.45, 7) is 3.70. The van der Waals surface area contributed by atoms with Crippen molar-refractivity contribution in [2.45, 2.75) is 25.0 Å². The smallest absolute Gasteiger partial charge is 0.348 e. The van der Waals surface area contributed by atoms with E-state index in [0.717, 1.165) is 5.56 Å². The van der Waals surface area contributed by atoms with Crippen LogP contribution in [-0.2, 0) is 19.9 Å². The molecule has 15 heavy (non-hydrogen) atoms. The Morgan fingerprint density at radius 3 is 2.20 bits per heavy atom. The van der Waals surface area contributed by atoms with E-state index in [1.807, 2.05) is 44.2 Å². The predicted molar refractivity (Wildman–Crippen MR) is 55.3 cm³/mol. The number of carbonyl (C=O) groups excluding carboxylic acids is 1. The number of hydrogen-bond donors (Lipinski definition) is 0. The van der Waals surface area contributed by atoms with Gasteiger partial charge in [-0.1, -0.05) is 30.3 Å². The number of ether oxygens (including phenoxy) is 2. The van der Waals surface area contributed by atoms with Gasteiger partial charge in [0.1, 0.15) is 0 Å². The third-order valence-corrected chi connectivity index (χ3v) is 2.97. The van der Waals surface area contributed by atoms with Crippen LogP contribution in [-0.4, -0.2) is 18.7 Å². The number of benzene rings is 1. The fourth-order valence-electron chi connectivity index (χ4n) is 2.16. The van der Waals surface area contributed by atoms with Gasteiger partial charge in [0.05, 0.1) is 0 Å². The third kappa shape index (κ3) is 1.13. The van der Waals surface area contributed by atoms with Gasteiger partial charge in [0.15, 0.2) is 5.60 Å². The molecule has 0 bridgehead atoms. The predicted octanol–water partition coefficient (Wildman–Crippen LogP) is 1.86. The molecule has 0 spiro atoms. The lowest BCUT2D eigenvalue weighted by atomic mass is 9.74. The zero-order chi connectivity index (χ0) is 11.1. The first-order valence-electron chi connectivity index (χ1n) is 4.89. The second-order valence-corrected chi connectivity index (χ2v) is 4.15. The molecule has 2 rings (SSSR count). The van der Waals surface area contributed by atoms with Crippen LogP contribution in [0.5, 0.6) is 0 Å². The summed E-state index contributed by atoms with van der Waals surface area (Å²) in [6, 6.07) is 9.44. The molecule has 1 aliphatic rings. The first-order valence-corrected chi connectivity index (χ1v) is 4.89. The van der Waals surface area contributed by atoms with Crippen molar-refractivity contribution in [3.63, 3.8) is 0 Å². The zero-order valence-corrected chi connectivity index (χ0v) is 9.11.